The molecule has 0 atom stereocenters. The second kappa shape index (κ2) is 3.46. The van der Waals surface area contributed by atoms with Gasteiger partial charge < -0.3 is 10.6 Å². The molecular weight excluding hydrogens is 275 g/mol. The first-order chi connectivity index (χ1) is 6.16. The van der Waals surface area contributed by atoms with Crippen LogP contribution in [0.5, 0.6) is 0 Å². The molecule has 0 saturated carbocycles. The van der Waals surface area contributed by atoms with E-state index < -0.39 is 0 Å². The van der Waals surface area contributed by atoms with Crippen LogP contribution >= 0.6 is 22.6 Å². The van der Waals surface area contributed by atoms with Gasteiger partial charge in [-0.1, -0.05) is 0 Å². The van der Waals surface area contributed by atoms with Gasteiger partial charge in [0.05, 0.1) is 0 Å². The number of benzene rings is 1. The number of nitrogens with zero attached hydrogens (tertiary/aromatic N) is 1. The van der Waals surface area contributed by atoms with Crippen LogP contribution in [-0.2, 0) is 13.0 Å². The van der Waals surface area contributed by atoms with Gasteiger partial charge in [-0.15, -0.1) is 0 Å². The number of rotatable bonds is 0. The van der Waals surface area contributed by atoms with Crippen molar-refractivity contribution in [3.05, 3.63) is 26.8 Å². The number of hydrogen-bond donors (Lipinski definition) is 1. The Morgan fingerprint density at radius 2 is 2.23 bits per heavy atom. The second-order valence-electron chi connectivity index (χ2n) is 3.63. The minimum absolute atomic E-state index is 0.887. The summed E-state index contributed by atoms with van der Waals surface area (Å²) < 4.78 is 1.32. The van der Waals surface area contributed by atoms with Crippen LogP contribution in [-0.4, -0.2) is 18.5 Å². The molecule has 13 heavy (non-hydrogen) atoms. The van der Waals surface area contributed by atoms with E-state index in [-0.39, 0.29) is 0 Å². The Bertz CT molecular complexity index is 336. The molecule has 70 valence electrons. The van der Waals surface area contributed by atoms with Gasteiger partial charge in [0.25, 0.3) is 0 Å². The molecule has 0 fully saturated rings. The molecule has 1 aliphatic rings. The summed E-state index contributed by atoms with van der Waals surface area (Å²) in [5.74, 6) is 0. The van der Waals surface area contributed by atoms with Gasteiger partial charge in [-0.05, 0) is 59.3 Å². The van der Waals surface area contributed by atoms with E-state index in [1.807, 2.05) is 0 Å². The smallest absolute Gasteiger partial charge is 0.0328 e. The van der Waals surface area contributed by atoms with E-state index in [4.69, 9.17) is 5.73 Å². The molecule has 0 saturated heterocycles. The van der Waals surface area contributed by atoms with E-state index in [0.29, 0.717) is 0 Å². The predicted molar refractivity (Wildman–Crippen MR) is 63.6 cm³/mol. The quantitative estimate of drug-likeness (QED) is 0.583. The second-order valence-corrected chi connectivity index (χ2v) is 4.79. The van der Waals surface area contributed by atoms with E-state index in [2.05, 4.69) is 46.7 Å². The van der Waals surface area contributed by atoms with Crippen LogP contribution in [0.25, 0.3) is 0 Å². The van der Waals surface area contributed by atoms with Crippen molar-refractivity contribution in [1.29, 1.82) is 0 Å². The lowest BCUT2D eigenvalue weighted by atomic mass is 10.00. The summed E-state index contributed by atoms with van der Waals surface area (Å²) in [4.78, 5) is 2.33. The molecule has 2 nitrogen and oxygen atoms in total. The first-order valence-corrected chi connectivity index (χ1v) is 5.50. The largest absolute Gasteiger partial charge is 0.399 e. The van der Waals surface area contributed by atoms with Crippen LogP contribution in [0.2, 0.25) is 0 Å². The number of nitrogen functional groups attached to an aromatic ring is 1. The van der Waals surface area contributed by atoms with E-state index in [9.17, 15) is 0 Å². The topological polar surface area (TPSA) is 29.3 Å². The fraction of sp³-hybridized carbons (Fsp3) is 0.400. The number of nitrogens with two attached hydrogens (primary N) is 1. The number of fused-ring (bicyclic) bond motifs is 1. The van der Waals surface area contributed by atoms with Crippen molar-refractivity contribution in [2.24, 2.45) is 0 Å². The fourth-order valence-corrected chi connectivity index (χ4v) is 2.79. The molecule has 0 radical (unpaired) electrons. The summed E-state index contributed by atoms with van der Waals surface area (Å²) in [6, 6.07) is 4.16. The Hall–Kier alpha value is -0.290. The first kappa shape index (κ1) is 9.27. The van der Waals surface area contributed by atoms with Crippen LogP contribution in [0.4, 0.5) is 5.69 Å². The number of hydrogen-bond acceptors (Lipinski definition) is 2. The molecule has 2 N–H and O–H groups in total. The normalized spacial score (nSPS) is 17.1. The monoisotopic (exact) mass is 288 g/mol. The van der Waals surface area contributed by atoms with Crippen LogP contribution in [0.3, 0.4) is 0 Å². The fourth-order valence-electron chi connectivity index (χ4n) is 1.81. The molecule has 1 aromatic carbocycles. The van der Waals surface area contributed by atoms with E-state index in [1.54, 1.807) is 0 Å². The van der Waals surface area contributed by atoms with Crippen molar-refractivity contribution in [2.45, 2.75) is 13.0 Å². The lowest BCUT2D eigenvalue weighted by molar-refractivity contribution is 0.312. The van der Waals surface area contributed by atoms with Crippen molar-refractivity contribution in [3.63, 3.8) is 0 Å². The molecule has 0 unspecified atom stereocenters. The highest BCUT2D eigenvalue weighted by molar-refractivity contribution is 14.1. The van der Waals surface area contributed by atoms with E-state index in [0.717, 1.165) is 25.2 Å². The van der Waals surface area contributed by atoms with Gasteiger partial charge in [-0.3, -0.25) is 0 Å². The van der Waals surface area contributed by atoms with Crippen molar-refractivity contribution in [2.75, 3.05) is 19.3 Å². The Morgan fingerprint density at radius 1 is 1.46 bits per heavy atom. The Balaban J connectivity index is 2.47. The van der Waals surface area contributed by atoms with Crippen molar-refractivity contribution in [1.82, 2.24) is 4.90 Å². The van der Waals surface area contributed by atoms with E-state index >= 15 is 0 Å². The Labute approximate surface area is 92.2 Å². The van der Waals surface area contributed by atoms with Gasteiger partial charge >= 0.3 is 0 Å². The highest BCUT2D eigenvalue weighted by Crippen LogP contribution is 2.25. The molecule has 3 heteroatoms. The predicted octanol–water partition coefficient (Wildman–Crippen LogP) is 1.86. The first-order valence-electron chi connectivity index (χ1n) is 4.42. The summed E-state index contributed by atoms with van der Waals surface area (Å²) in [5, 5.41) is 0. The highest BCUT2D eigenvalue weighted by atomic mass is 127. The summed E-state index contributed by atoms with van der Waals surface area (Å²) in [6.07, 6.45) is 1.16. The molecule has 0 bridgehead atoms. The molecule has 0 spiro atoms. The van der Waals surface area contributed by atoms with Gasteiger partial charge in [0.15, 0.2) is 0 Å². The molecule has 2 rings (SSSR count). The summed E-state index contributed by atoms with van der Waals surface area (Å²) in [7, 11) is 2.15. The zero-order valence-corrected chi connectivity index (χ0v) is 9.84. The van der Waals surface area contributed by atoms with Gasteiger partial charge in [-0.2, -0.15) is 0 Å². The minimum Gasteiger partial charge on any atom is -0.399 e. The average Bonchev–Trinajstić information content (AvgIpc) is 2.02. The summed E-state index contributed by atoms with van der Waals surface area (Å²) in [6.45, 7) is 2.20. The molecule has 0 amide bonds. The summed E-state index contributed by atoms with van der Waals surface area (Å²) >= 11 is 2.38. The zero-order valence-electron chi connectivity index (χ0n) is 7.68. The maximum absolute atomic E-state index is 5.80. The number of likely N-dealkylation sites (N-methyl/N-ethyl adjacent to an activating group) is 1. The van der Waals surface area contributed by atoms with Crippen molar-refractivity contribution < 1.29 is 0 Å². The number of anilines is 1. The number of halogens is 1. The molecule has 0 aromatic heterocycles. The van der Waals surface area contributed by atoms with Crippen LogP contribution < -0.4 is 5.73 Å². The Kier molecular flexibility index (Phi) is 2.47. The van der Waals surface area contributed by atoms with Crippen LogP contribution in [0.15, 0.2) is 12.1 Å². The third-order valence-electron chi connectivity index (χ3n) is 2.49. The van der Waals surface area contributed by atoms with Crippen molar-refractivity contribution in [3.8, 4) is 0 Å². The van der Waals surface area contributed by atoms with Gasteiger partial charge in [0.2, 0.25) is 0 Å². The highest BCUT2D eigenvalue weighted by Gasteiger charge is 2.15. The zero-order chi connectivity index (χ0) is 9.42. The Morgan fingerprint density at radius 3 is 3.00 bits per heavy atom. The lowest BCUT2D eigenvalue weighted by Gasteiger charge is -2.26. The lowest BCUT2D eigenvalue weighted by Crippen LogP contribution is -2.27. The van der Waals surface area contributed by atoms with Crippen LogP contribution in [0, 0.1) is 3.57 Å². The van der Waals surface area contributed by atoms with E-state index in [1.165, 1.54) is 14.7 Å². The van der Waals surface area contributed by atoms with Gasteiger partial charge in [-0.25, -0.2) is 0 Å². The average molecular weight is 288 g/mol. The van der Waals surface area contributed by atoms with Gasteiger partial charge in [0, 0.05) is 22.3 Å². The van der Waals surface area contributed by atoms with Crippen molar-refractivity contribution >= 4 is 28.3 Å². The summed E-state index contributed by atoms with van der Waals surface area (Å²) in [5.41, 5.74) is 9.59. The van der Waals surface area contributed by atoms with Crippen LogP contribution in [0.1, 0.15) is 11.1 Å². The third-order valence-corrected chi connectivity index (χ3v) is 3.46. The molecular formula is C10H13IN2. The SMILES string of the molecule is CN1CCc2c(I)cc(N)cc2C1. The molecule has 0 aliphatic carbocycles. The third kappa shape index (κ3) is 1.81. The molecule has 1 heterocycles. The molecule has 1 aromatic rings. The minimum atomic E-state index is 0.887. The standard InChI is InChI=1S/C10H13IN2/c1-13-3-2-9-7(6-13)4-8(12)5-10(9)11/h4-5H,2-3,6,12H2,1H3. The van der Waals surface area contributed by atoms with Gasteiger partial charge in [0.1, 0.15) is 0 Å². The maximum atomic E-state index is 5.80. The maximum Gasteiger partial charge on any atom is 0.0328 e. The molecule has 1 aliphatic heterocycles.